The first-order chi connectivity index (χ1) is 10.2. The number of rotatable bonds is 7. The monoisotopic (exact) mass is 290 g/mol. The molecule has 1 aliphatic carbocycles. The minimum Gasteiger partial charge on any atom is -0.393 e. The third-order valence-corrected chi connectivity index (χ3v) is 5.03. The zero-order chi connectivity index (χ0) is 15.1. The Kier molecular flexibility index (Phi) is 6.72. The van der Waals surface area contributed by atoms with Gasteiger partial charge in [0.25, 0.3) is 0 Å². The van der Waals surface area contributed by atoms with Crippen molar-refractivity contribution < 1.29 is 10.2 Å². The van der Waals surface area contributed by atoms with Crippen LogP contribution in [0.5, 0.6) is 0 Å². The maximum Gasteiger partial charge on any atom is 0.102 e. The summed E-state index contributed by atoms with van der Waals surface area (Å²) in [4.78, 5) is 0. The summed E-state index contributed by atoms with van der Waals surface area (Å²) in [5, 5.41) is 18.6. The van der Waals surface area contributed by atoms with E-state index in [1.165, 1.54) is 56.9 Å². The summed E-state index contributed by atoms with van der Waals surface area (Å²) < 4.78 is 0. The Balaban J connectivity index is 1.82. The highest BCUT2D eigenvalue weighted by Crippen LogP contribution is 2.37. The van der Waals surface area contributed by atoms with Gasteiger partial charge in [-0.05, 0) is 48.6 Å². The maximum atomic E-state index is 9.62. The van der Waals surface area contributed by atoms with Crippen molar-refractivity contribution in [3.63, 3.8) is 0 Å². The third kappa shape index (κ3) is 4.82. The average Bonchev–Trinajstić information content (AvgIpc) is 2.55. The number of aliphatic hydroxyl groups is 2. The van der Waals surface area contributed by atoms with E-state index < -0.39 is 6.10 Å². The molecule has 1 atom stereocenters. The normalized spacial score (nSPS) is 24.0. The van der Waals surface area contributed by atoms with Crippen LogP contribution in [-0.4, -0.2) is 16.8 Å². The fourth-order valence-electron chi connectivity index (χ4n) is 3.56. The summed E-state index contributed by atoms with van der Waals surface area (Å²) in [5.74, 6) is 1.64. The first-order valence-corrected chi connectivity index (χ1v) is 8.63. The number of aliphatic hydroxyl groups excluding tert-OH is 2. The fourth-order valence-corrected chi connectivity index (χ4v) is 3.56. The van der Waals surface area contributed by atoms with Crippen LogP contribution in [-0.2, 0) is 0 Å². The summed E-state index contributed by atoms with van der Waals surface area (Å²) >= 11 is 0. The standard InChI is InChI=1S/C19H30O2/c1-2-3-4-5-15-6-8-16(9-7-15)17-10-12-18(13-11-17)19(21)14-20/h10-13,15-16,19-21H,2-9,14H2,1H3. The van der Waals surface area contributed by atoms with E-state index in [4.69, 9.17) is 5.11 Å². The Morgan fingerprint density at radius 3 is 2.29 bits per heavy atom. The van der Waals surface area contributed by atoms with E-state index in [-0.39, 0.29) is 6.61 Å². The summed E-state index contributed by atoms with van der Waals surface area (Å²) in [6.45, 7) is 2.07. The van der Waals surface area contributed by atoms with Crippen LogP contribution in [0, 0.1) is 5.92 Å². The van der Waals surface area contributed by atoms with E-state index in [9.17, 15) is 5.11 Å². The molecule has 1 saturated carbocycles. The molecule has 0 aromatic heterocycles. The molecule has 118 valence electrons. The van der Waals surface area contributed by atoms with Crippen molar-refractivity contribution in [2.75, 3.05) is 6.61 Å². The van der Waals surface area contributed by atoms with Gasteiger partial charge < -0.3 is 10.2 Å². The van der Waals surface area contributed by atoms with Crippen LogP contribution >= 0.6 is 0 Å². The van der Waals surface area contributed by atoms with Gasteiger partial charge in [0.05, 0.1) is 6.61 Å². The van der Waals surface area contributed by atoms with Crippen molar-refractivity contribution in [1.29, 1.82) is 0 Å². The summed E-state index contributed by atoms with van der Waals surface area (Å²) in [7, 11) is 0. The molecule has 0 radical (unpaired) electrons. The molecule has 0 heterocycles. The molecule has 1 fully saturated rings. The van der Waals surface area contributed by atoms with E-state index >= 15 is 0 Å². The number of hydrogen-bond acceptors (Lipinski definition) is 2. The van der Waals surface area contributed by atoms with Gasteiger partial charge in [-0.15, -0.1) is 0 Å². The molecular formula is C19H30O2. The summed E-state index contributed by atoms with van der Waals surface area (Å²) in [6, 6.07) is 8.19. The second-order valence-electron chi connectivity index (χ2n) is 6.58. The second kappa shape index (κ2) is 8.55. The van der Waals surface area contributed by atoms with Gasteiger partial charge in [0, 0.05) is 0 Å². The predicted octanol–water partition coefficient (Wildman–Crippen LogP) is 4.57. The first kappa shape index (κ1) is 16.5. The minimum absolute atomic E-state index is 0.206. The Morgan fingerprint density at radius 2 is 1.71 bits per heavy atom. The Morgan fingerprint density at radius 1 is 1.05 bits per heavy atom. The lowest BCUT2D eigenvalue weighted by Crippen LogP contribution is -2.13. The lowest BCUT2D eigenvalue weighted by molar-refractivity contribution is 0.0956. The van der Waals surface area contributed by atoms with Crippen molar-refractivity contribution in [2.45, 2.75) is 70.3 Å². The summed E-state index contributed by atoms with van der Waals surface area (Å²) in [6.07, 6.45) is 10.1. The molecule has 1 aromatic carbocycles. The van der Waals surface area contributed by atoms with Crippen molar-refractivity contribution in [2.24, 2.45) is 5.92 Å². The van der Waals surface area contributed by atoms with Gasteiger partial charge in [0.15, 0.2) is 0 Å². The highest BCUT2D eigenvalue weighted by Gasteiger charge is 2.22. The highest BCUT2D eigenvalue weighted by molar-refractivity contribution is 5.27. The molecule has 1 aliphatic rings. The lowest BCUT2D eigenvalue weighted by Gasteiger charge is -2.29. The molecular weight excluding hydrogens is 260 g/mol. The zero-order valence-electron chi connectivity index (χ0n) is 13.3. The third-order valence-electron chi connectivity index (χ3n) is 5.03. The molecule has 0 amide bonds. The average molecular weight is 290 g/mol. The minimum atomic E-state index is -0.742. The Labute approximate surface area is 129 Å². The molecule has 1 unspecified atom stereocenters. The molecule has 0 saturated heterocycles. The van der Waals surface area contributed by atoms with Crippen LogP contribution in [0.15, 0.2) is 24.3 Å². The molecule has 2 rings (SSSR count). The van der Waals surface area contributed by atoms with Gasteiger partial charge in [-0.2, -0.15) is 0 Å². The van der Waals surface area contributed by atoms with Gasteiger partial charge in [-0.3, -0.25) is 0 Å². The quantitative estimate of drug-likeness (QED) is 0.722. The van der Waals surface area contributed by atoms with E-state index in [0.717, 1.165) is 11.5 Å². The molecule has 2 heteroatoms. The van der Waals surface area contributed by atoms with Crippen molar-refractivity contribution in [3.05, 3.63) is 35.4 Å². The van der Waals surface area contributed by atoms with Crippen LogP contribution in [0.3, 0.4) is 0 Å². The van der Waals surface area contributed by atoms with Crippen LogP contribution in [0.2, 0.25) is 0 Å². The molecule has 1 aromatic rings. The van der Waals surface area contributed by atoms with Crippen LogP contribution in [0.4, 0.5) is 0 Å². The van der Waals surface area contributed by atoms with Crippen molar-refractivity contribution in [1.82, 2.24) is 0 Å². The zero-order valence-corrected chi connectivity index (χ0v) is 13.3. The van der Waals surface area contributed by atoms with Gasteiger partial charge in [0.2, 0.25) is 0 Å². The van der Waals surface area contributed by atoms with Crippen molar-refractivity contribution in [3.8, 4) is 0 Å². The Hall–Kier alpha value is -0.860. The van der Waals surface area contributed by atoms with Crippen LogP contribution in [0.1, 0.15) is 81.4 Å². The second-order valence-corrected chi connectivity index (χ2v) is 6.58. The smallest absolute Gasteiger partial charge is 0.102 e. The number of unbranched alkanes of at least 4 members (excludes halogenated alkanes) is 2. The lowest BCUT2D eigenvalue weighted by atomic mass is 9.77. The molecule has 0 aliphatic heterocycles. The highest BCUT2D eigenvalue weighted by atomic mass is 16.3. The topological polar surface area (TPSA) is 40.5 Å². The largest absolute Gasteiger partial charge is 0.393 e. The number of hydrogen-bond donors (Lipinski definition) is 2. The van der Waals surface area contributed by atoms with Crippen LogP contribution < -0.4 is 0 Å². The molecule has 2 N–H and O–H groups in total. The first-order valence-electron chi connectivity index (χ1n) is 8.63. The van der Waals surface area contributed by atoms with Gasteiger partial charge in [0.1, 0.15) is 6.10 Å². The Bertz CT molecular complexity index is 391. The van der Waals surface area contributed by atoms with Gasteiger partial charge in [-0.25, -0.2) is 0 Å². The van der Waals surface area contributed by atoms with E-state index in [1.807, 2.05) is 12.1 Å². The summed E-state index contributed by atoms with van der Waals surface area (Å²) in [5.41, 5.74) is 2.21. The van der Waals surface area contributed by atoms with Crippen molar-refractivity contribution >= 4 is 0 Å². The fraction of sp³-hybridized carbons (Fsp3) is 0.684. The van der Waals surface area contributed by atoms with Gasteiger partial charge in [-0.1, -0.05) is 56.9 Å². The molecule has 0 spiro atoms. The van der Waals surface area contributed by atoms with E-state index in [2.05, 4.69) is 19.1 Å². The maximum absolute atomic E-state index is 9.62. The van der Waals surface area contributed by atoms with Crippen LogP contribution in [0.25, 0.3) is 0 Å². The SMILES string of the molecule is CCCCCC1CCC(c2ccc(C(O)CO)cc2)CC1. The molecule has 0 bridgehead atoms. The number of benzene rings is 1. The van der Waals surface area contributed by atoms with E-state index in [1.54, 1.807) is 0 Å². The molecule has 21 heavy (non-hydrogen) atoms. The van der Waals surface area contributed by atoms with E-state index in [0.29, 0.717) is 5.92 Å². The van der Waals surface area contributed by atoms with Gasteiger partial charge >= 0.3 is 0 Å². The molecule has 2 nitrogen and oxygen atoms in total. The predicted molar refractivity (Wildman–Crippen MR) is 87.3 cm³/mol.